The Morgan fingerprint density at radius 3 is 2.82 bits per heavy atom. The molecule has 0 radical (unpaired) electrons. The average Bonchev–Trinajstić information content (AvgIpc) is 3.12. The van der Waals surface area contributed by atoms with Crippen LogP contribution in [0.4, 0.5) is 0 Å². The Morgan fingerprint density at radius 1 is 1.41 bits per heavy atom. The first-order chi connectivity index (χ1) is 8.20. The third kappa shape index (κ3) is 1.84. The zero-order valence-electron chi connectivity index (χ0n) is 9.70. The van der Waals surface area contributed by atoms with Gasteiger partial charge in [-0.25, -0.2) is 0 Å². The van der Waals surface area contributed by atoms with Crippen LogP contribution < -0.4 is 4.74 Å². The summed E-state index contributed by atoms with van der Waals surface area (Å²) >= 11 is 3.45. The minimum absolute atomic E-state index is 0.137. The van der Waals surface area contributed by atoms with Gasteiger partial charge in [0.2, 0.25) is 0 Å². The molecule has 1 fully saturated rings. The van der Waals surface area contributed by atoms with Gasteiger partial charge < -0.3 is 9.64 Å². The van der Waals surface area contributed by atoms with Gasteiger partial charge in [-0.1, -0.05) is 15.9 Å². The van der Waals surface area contributed by atoms with E-state index in [4.69, 9.17) is 4.74 Å². The zero-order chi connectivity index (χ0) is 12.0. The molecule has 1 aliphatic heterocycles. The molecule has 0 saturated heterocycles. The maximum atomic E-state index is 12.4. The SMILES string of the molecule is COc1cc(Br)cc2c1C(=O)N(C1CC1)CC2. The van der Waals surface area contributed by atoms with E-state index in [1.807, 2.05) is 17.0 Å². The summed E-state index contributed by atoms with van der Waals surface area (Å²) in [4.78, 5) is 14.4. The number of benzene rings is 1. The smallest absolute Gasteiger partial charge is 0.258 e. The van der Waals surface area contributed by atoms with Gasteiger partial charge in [-0.2, -0.15) is 0 Å². The number of carbonyl (C=O) groups excluding carboxylic acids is 1. The first-order valence-corrected chi connectivity index (χ1v) is 6.67. The van der Waals surface area contributed by atoms with Crippen LogP contribution in [0, 0.1) is 0 Å². The van der Waals surface area contributed by atoms with E-state index in [1.54, 1.807) is 7.11 Å². The first-order valence-electron chi connectivity index (χ1n) is 5.88. The molecule has 0 spiro atoms. The highest BCUT2D eigenvalue weighted by Gasteiger charge is 2.37. The van der Waals surface area contributed by atoms with Crippen LogP contribution in [0.5, 0.6) is 5.75 Å². The number of halogens is 1. The molecule has 90 valence electrons. The van der Waals surface area contributed by atoms with Crippen molar-refractivity contribution >= 4 is 21.8 Å². The van der Waals surface area contributed by atoms with E-state index in [2.05, 4.69) is 15.9 Å². The van der Waals surface area contributed by atoms with Crippen LogP contribution in [0.25, 0.3) is 0 Å². The fourth-order valence-corrected chi connectivity index (χ4v) is 2.94. The largest absolute Gasteiger partial charge is 0.496 e. The van der Waals surface area contributed by atoms with Crippen LogP contribution in [0.15, 0.2) is 16.6 Å². The van der Waals surface area contributed by atoms with Crippen LogP contribution in [-0.4, -0.2) is 30.5 Å². The van der Waals surface area contributed by atoms with Crippen molar-refractivity contribution in [1.29, 1.82) is 0 Å². The molecular formula is C13H14BrNO2. The maximum absolute atomic E-state index is 12.4. The number of amides is 1. The minimum Gasteiger partial charge on any atom is -0.496 e. The van der Waals surface area contributed by atoms with Gasteiger partial charge in [0.15, 0.2) is 0 Å². The van der Waals surface area contributed by atoms with E-state index < -0.39 is 0 Å². The molecule has 0 aromatic heterocycles. The molecule has 1 aromatic carbocycles. The normalized spacial score (nSPS) is 19.2. The van der Waals surface area contributed by atoms with Crippen LogP contribution in [-0.2, 0) is 6.42 Å². The van der Waals surface area contributed by atoms with Crippen molar-refractivity contribution in [1.82, 2.24) is 4.90 Å². The summed E-state index contributed by atoms with van der Waals surface area (Å²) in [6.45, 7) is 0.843. The molecule has 0 N–H and O–H groups in total. The number of hydrogen-bond acceptors (Lipinski definition) is 2. The topological polar surface area (TPSA) is 29.5 Å². The van der Waals surface area contributed by atoms with Crippen LogP contribution in [0.1, 0.15) is 28.8 Å². The lowest BCUT2D eigenvalue weighted by atomic mass is 9.98. The van der Waals surface area contributed by atoms with Gasteiger partial charge in [-0.15, -0.1) is 0 Å². The second kappa shape index (κ2) is 4.02. The molecule has 0 bridgehead atoms. The molecule has 3 rings (SSSR count). The molecular weight excluding hydrogens is 282 g/mol. The number of ether oxygens (including phenoxy) is 1. The van der Waals surface area contributed by atoms with Gasteiger partial charge in [-0.05, 0) is 37.0 Å². The van der Waals surface area contributed by atoms with Gasteiger partial charge in [0.1, 0.15) is 5.75 Å². The quantitative estimate of drug-likeness (QED) is 0.839. The van der Waals surface area contributed by atoms with E-state index in [9.17, 15) is 4.79 Å². The van der Waals surface area contributed by atoms with Gasteiger partial charge in [0.05, 0.1) is 12.7 Å². The molecule has 0 unspecified atom stereocenters. The van der Waals surface area contributed by atoms with E-state index >= 15 is 0 Å². The summed E-state index contributed by atoms with van der Waals surface area (Å²) in [7, 11) is 1.62. The predicted molar refractivity (Wildman–Crippen MR) is 68.5 cm³/mol. The van der Waals surface area contributed by atoms with Crippen molar-refractivity contribution in [2.45, 2.75) is 25.3 Å². The summed E-state index contributed by atoms with van der Waals surface area (Å²) in [5.41, 5.74) is 1.85. The average molecular weight is 296 g/mol. The molecule has 3 nitrogen and oxygen atoms in total. The minimum atomic E-state index is 0.137. The predicted octanol–water partition coefficient (Wildman–Crippen LogP) is 2.62. The third-order valence-corrected chi connectivity index (χ3v) is 3.91. The molecule has 17 heavy (non-hydrogen) atoms. The van der Waals surface area contributed by atoms with Crippen molar-refractivity contribution in [3.63, 3.8) is 0 Å². The Balaban J connectivity index is 2.06. The van der Waals surface area contributed by atoms with Gasteiger partial charge >= 0.3 is 0 Å². The van der Waals surface area contributed by atoms with Gasteiger partial charge in [0, 0.05) is 17.1 Å². The highest BCUT2D eigenvalue weighted by atomic mass is 79.9. The summed E-state index contributed by atoms with van der Waals surface area (Å²) in [6.07, 6.45) is 3.23. The van der Waals surface area contributed by atoms with Crippen LogP contribution >= 0.6 is 15.9 Å². The van der Waals surface area contributed by atoms with E-state index in [-0.39, 0.29) is 5.91 Å². The first kappa shape index (κ1) is 11.1. The number of hydrogen-bond donors (Lipinski definition) is 0. The summed E-state index contributed by atoms with van der Waals surface area (Å²) < 4.78 is 6.31. The molecule has 1 saturated carbocycles. The number of methoxy groups -OCH3 is 1. The Kier molecular flexibility index (Phi) is 2.62. The Hall–Kier alpha value is -1.03. The molecule has 1 amide bonds. The highest BCUT2D eigenvalue weighted by Crippen LogP contribution is 2.36. The fourth-order valence-electron chi connectivity index (χ4n) is 2.46. The molecule has 1 heterocycles. The van der Waals surface area contributed by atoms with Crippen molar-refractivity contribution in [2.24, 2.45) is 0 Å². The third-order valence-electron chi connectivity index (χ3n) is 3.45. The van der Waals surface area contributed by atoms with Crippen molar-refractivity contribution in [2.75, 3.05) is 13.7 Å². The van der Waals surface area contributed by atoms with E-state index in [1.165, 1.54) is 0 Å². The van der Waals surface area contributed by atoms with Gasteiger partial charge in [-0.3, -0.25) is 4.79 Å². The number of nitrogens with zero attached hydrogens (tertiary/aromatic N) is 1. The van der Waals surface area contributed by atoms with Crippen LogP contribution in [0.2, 0.25) is 0 Å². The number of carbonyl (C=O) groups is 1. The Morgan fingerprint density at radius 2 is 2.18 bits per heavy atom. The highest BCUT2D eigenvalue weighted by molar-refractivity contribution is 9.10. The summed E-state index contributed by atoms with van der Waals surface area (Å²) in [5, 5.41) is 0. The maximum Gasteiger partial charge on any atom is 0.258 e. The Labute approximate surface area is 109 Å². The monoisotopic (exact) mass is 295 g/mol. The summed E-state index contributed by atoms with van der Waals surface area (Å²) in [5.74, 6) is 0.822. The second-order valence-electron chi connectivity index (χ2n) is 4.62. The molecule has 1 aliphatic carbocycles. The van der Waals surface area contributed by atoms with E-state index in [0.717, 1.165) is 41.4 Å². The number of rotatable bonds is 2. The standard InChI is InChI=1S/C13H14BrNO2/c1-17-11-7-9(14)6-8-4-5-15(10-2-3-10)13(16)12(8)11/h6-7,10H,2-5H2,1H3. The fraction of sp³-hybridized carbons (Fsp3) is 0.462. The second-order valence-corrected chi connectivity index (χ2v) is 5.54. The van der Waals surface area contributed by atoms with E-state index in [0.29, 0.717) is 11.8 Å². The lowest BCUT2D eigenvalue weighted by Crippen LogP contribution is -2.39. The number of fused-ring (bicyclic) bond motifs is 1. The van der Waals surface area contributed by atoms with Gasteiger partial charge in [0.25, 0.3) is 5.91 Å². The molecule has 4 heteroatoms. The zero-order valence-corrected chi connectivity index (χ0v) is 11.3. The van der Waals surface area contributed by atoms with Crippen molar-refractivity contribution in [3.05, 3.63) is 27.7 Å². The lowest BCUT2D eigenvalue weighted by Gasteiger charge is -2.29. The van der Waals surface area contributed by atoms with Crippen molar-refractivity contribution in [3.8, 4) is 5.75 Å². The molecule has 2 aliphatic rings. The lowest BCUT2D eigenvalue weighted by molar-refractivity contribution is 0.0723. The van der Waals surface area contributed by atoms with Crippen LogP contribution in [0.3, 0.4) is 0 Å². The van der Waals surface area contributed by atoms with Crippen molar-refractivity contribution < 1.29 is 9.53 Å². The molecule has 1 aromatic rings. The Bertz CT molecular complexity index is 465. The summed E-state index contributed by atoms with van der Waals surface area (Å²) in [6, 6.07) is 4.37. The molecule has 0 atom stereocenters.